The van der Waals surface area contributed by atoms with Crippen LogP contribution in [0.3, 0.4) is 0 Å². The molecule has 0 spiro atoms. The van der Waals surface area contributed by atoms with Gasteiger partial charge in [0.1, 0.15) is 17.3 Å². The molecule has 1 amide bonds. The lowest BCUT2D eigenvalue weighted by Crippen LogP contribution is -2.25. The van der Waals surface area contributed by atoms with Gasteiger partial charge in [-0.25, -0.2) is 9.97 Å². The fourth-order valence-electron chi connectivity index (χ4n) is 1.37. The molecule has 18 heavy (non-hydrogen) atoms. The fourth-order valence-corrected chi connectivity index (χ4v) is 1.37. The van der Waals surface area contributed by atoms with Crippen molar-refractivity contribution in [3.05, 3.63) is 30.2 Å². The molecule has 0 saturated heterocycles. The van der Waals surface area contributed by atoms with Crippen LogP contribution in [0.15, 0.2) is 18.7 Å². The second-order valence-electron chi connectivity index (χ2n) is 4.14. The summed E-state index contributed by atoms with van der Waals surface area (Å²) in [6.07, 6.45) is 2.62. The number of carbonyl (C=O) groups excluding carboxylic acids is 1. The smallest absolute Gasteiger partial charge is 0.270 e. The number of carbonyl (C=O) groups is 1. The predicted molar refractivity (Wildman–Crippen MR) is 72.7 cm³/mol. The summed E-state index contributed by atoms with van der Waals surface area (Å²) in [4.78, 5) is 20.2. The molecule has 1 atom stereocenters. The van der Waals surface area contributed by atoms with E-state index in [0.29, 0.717) is 29.9 Å². The van der Waals surface area contributed by atoms with Gasteiger partial charge in [0.25, 0.3) is 5.91 Å². The van der Waals surface area contributed by atoms with Crippen molar-refractivity contribution in [1.29, 1.82) is 0 Å². The molecule has 0 aliphatic heterocycles. The highest BCUT2D eigenvalue weighted by molar-refractivity contribution is 5.93. The normalized spacial score (nSPS) is 11.7. The van der Waals surface area contributed by atoms with Crippen LogP contribution in [-0.2, 0) is 0 Å². The minimum absolute atomic E-state index is 0.215. The van der Waals surface area contributed by atoms with E-state index in [1.54, 1.807) is 19.1 Å². The summed E-state index contributed by atoms with van der Waals surface area (Å²) in [5.41, 5.74) is 0.371. The van der Waals surface area contributed by atoms with Crippen molar-refractivity contribution in [2.24, 2.45) is 0 Å². The van der Waals surface area contributed by atoms with Gasteiger partial charge in [0.2, 0.25) is 0 Å². The highest BCUT2D eigenvalue weighted by atomic mass is 16.1. The van der Waals surface area contributed by atoms with Crippen molar-refractivity contribution in [2.45, 2.75) is 33.2 Å². The molecule has 0 aliphatic rings. The zero-order chi connectivity index (χ0) is 13.5. The summed E-state index contributed by atoms with van der Waals surface area (Å²) in [6, 6.07) is 1.97. The number of rotatable bonds is 6. The van der Waals surface area contributed by atoms with E-state index in [4.69, 9.17) is 0 Å². The van der Waals surface area contributed by atoms with Crippen LogP contribution in [0, 0.1) is 6.92 Å². The van der Waals surface area contributed by atoms with Crippen LogP contribution in [0.4, 0.5) is 5.82 Å². The summed E-state index contributed by atoms with van der Waals surface area (Å²) in [5, 5.41) is 5.93. The number of anilines is 1. The molecule has 5 nitrogen and oxygen atoms in total. The topological polar surface area (TPSA) is 66.9 Å². The van der Waals surface area contributed by atoms with Gasteiger partial charge in [0.05, 0.1) is 0 Å². The SMILES string of the molecule is C=CCNC(=O)c1cc(NC(C)CC)nc(C)n1. The lowest BCUT2D eigenvalue weighted by Gasteiger charge is -2.13. The van der Waals surface area contributed by atoms with Crippen molar-refractivity contribution in [3.8, 4) is 0 Å². The van der Waals surface area contributed by atoms with Gasteiger partial charge in [-0.1, -0.05) is 13.0 Å². The van der Waals surface area contributed by atoms with E-state index >= 15 is 0 Å². The summed E-state index contributed by atoms with van der Waals surface area (Å²) >= 11 is 0. The molecule has 0 saturated carbocycles. The third kappa shape index (κ3) is 4.16. The van der Waals surface area contributed by atoms with E-state index < -0.39 is 0 Å². The number of amides is 1. The lowest BCUT2D eigenvalue weighted by molar-refractivity contribution is 0.0952. The Morgan fingerprint density at radius 1 is 1.56 bits per heavy atom. The first kappa shape index (κ1) is 14.2. The average Bonchev–Trinajstić information content (AvgIpc) is 2.34. The highest BCUT2D eigenvalue weighted by Gasteiger charge is 2.10. The van der Waals surface area contributed by atoms with Crippen LogP contribution in [-0.4, -0.2) is 28.5 Å². The molecule has 1 aromatic rings. The molecule has 0 aliphatic carbocycles. The number of aromatic nitrogens is 2. The van der Waals surface area contributed by atoms with E-state index in [1.807, 2.05) is 0 Å². The monoisotopic (exact) mass is 248 g/mol. The van der Waals surface area contributed by atoms with Crippen LogP contribution >= 0.6 is 0 Å². The fraction of sp³-hybridized carbons (Fsp3) is 0.462. The quantitative estimate of drug-likeness (QED) is 0.755. The van der Waals surface area contributed by atoms with Crippen LogP contribution in [0.5, 0.6) is 0 Å². The van der Waals surface area contributed by atoms with E-state index in [-0.39, 0.29) is 5.91 Å². The van der Waals surface area contributed by atoms with Crippen LogP contribution < -0.4 is 10.6 Å². The molecule has 1 heterocycles. The maximum atomic E-state index is 11.8. The Hall–Kier alpha value is -1.91. The Morgan fingerprint density at radius 2 is 2.28 bits per heavy atom. The molecule has 5 heteroatoms. The van der Waals surface area contributed by atoms with Gasteiger partial charge in [-0.3, -0.25) is 4.79 Å². The Bertz CT molecular complexity index is 431. The number of nitrogens with one attached hydrogen (secondary N) is 2. The minimum atomic E-state index is -0.215. The second kappa shape index (κ2) is 6.74. The summed E-state index contributed by atoms with van der Waals surface area (Å²) in [6.45, 7) is 9.90. The largest absolute Gasteiger partial charge is 0.368 e. The standard InChI is InChI=1S/C13H20N4O/c1-5-7-14-13(18)11-8-12(15-9(3)6-2)17-10(4)16-11/h5,8-9H,1,6-7H2,2-4H3,(H,14,18)(H,15,16,17). The molecule has 1 rings (SSSR count). The van der Waals surface area contributed by atoms with Gasteiger partial charge in [0, 0.05) is 18.7 Å². The van der Waals surface area contributed by atoms with E-state index in [2.05, 4.69) is 41.0 Å². The van der Waals surface area contributed by atoms with Crippen molar-refractivity contribution in [2.75, 3.05) is 11.9 Å². The average molecular weight is 248 g/mol. The van der Waals surface area contributed by atoms with Crippen LogP contribution in [0.1, 0.15) is 36.6 Å². The number of aryl methyl sites for hydroxylation is 1. The van der Waals surface area contributed by atoms with Gasteiger partial charge in [-0.15, -0.1) is 6.58 Å². The van der Waals surface area contributed by atoms with Gasteiger partial charge in [0.15, 0.2) is 0 Å². The molecule has 0 bridgehead atoms. The first-order valence-electron chi connectivity index (χ1n) is 6.08. The molecule has 1 aromatic heterocycles. The minimum Gasteiger partial charge on any atom is -0.368 e. The Kier molecular flexibility index (Phi) is 5.30. The molecule has 2 N–H and O–H groups in total. The van der Waals surface area contributed by atoms with E-state index in [9.17, 15) is 4.79 Å². The van der Waals surface area contributed by atoms with Crippen molar-refractivity contribution in [3.63, 3.8) is 0 Å². The Balaban J connectivity index is 2.86. The van der Waals surface area contributed by atoms with Gasteiger partial charge < -0.3 is 10.6 Å². The summed E-state index contributed by atoms with van der Waals surface area (Å²) in [7, 11) is 0. The Labute approximate surface area is 108 Å². The molecule has 0 radical (unpaired) electrons. The van der Waals surface area contributed by atoms with E-state index in [0.717, 1.165) is 6.42 Å². The summed E-state index contributed by atoms with van der Waals surface area (Å²) in [5.74, 6) is 1.04. The summed E-state index contributed by atoms with van der Waals surface area (Å²) < 4.78 is 0. The van der Waals surface area contributed by atoms with Crippen LogP contribution in [0.25, 0.3) is 0 Å². The van der Waals surface area contributed by atoms with Crippen LogP contribution in [0.2, 0.25) is 0 Å². The van der Waals surface area contributed by atoms with Gasteiger partial charge in [-0.05, 0) is 20.3 Å². The maximum absolute atomic E-state index is 11.8. The van der Waals surface area contributed by atoms with Gasteiger partial charge in [-0.2, -0.15) is 0 Å². The van der Waals surface area contributed by atoms with Gasteiger partial charge >= 0.3 is 0 Å². The Morgan fingerprint density at radius 3 is 2.89 bits per heavy atom. The highest BCUT2D eigenvalue weighted by Crippen LogP contribution is 2.09. The lowest BCUT2D eigenvalue weighted by atomic mass is 10.2. The first-order chi connectivity index (χ1) is 8.56. The third-order valence-corrected chi connectivity index (χ3v) is 2.48. The zero-order valence-electron chi connectivity index (χ0n) is 11.2. The number of hydrogen-bond donors (Lipinski definition) is 2. The zero-order valence-corrected chi connectivity index (χ0v) is 11.2. The van der Waals surface area contributed by atoms with Crippen molar-refractivity contribution >= 4 is 11.7 Å². The maximum Gasteiger partial charge on any atom is 0.270 e. The first-order valence-corrected chi connectivity index (χ1v) is 6.08. The predicted octanol–water partition coefficient (Wildman–Crippen LogP) is 1.91. The number of hydrogen-bond acceptors (Lipinski definition) is 4. The van der Waals surface area contributed by atoms with E-state index in [1.165, 1.54) is 0 Å². The van der Waals surface area contributed by atoms with Crippen molar-refractivity contribution in [1.82, 2.24) is 15.3 Å². The molecule has 0 fully saturated rings. The number of nitrogens with zero attached hydrogens (tertiary/aromatic N) is 2. The molecule has 0 aromatic carbocycles. The third-order valence-electron chi connectivity index (χ3n) is 2.48. The molecular weight excluding hydrogens is 228 g/mol. The second-order valence-corrected chi connectivity index (χ2v) is 4.14. The van der Waals surface area contributed by atoms with Crippen molar-refractivity contribution < 1.29 is 4.79 Å². The molecule has 1 unspecified atom stereocenters. The molecular formula is C13H20N4O. The molecule has 98 valence electrons.